The van der Waals surface area contributed by atoms with Crippen LogP contribution in [0.4, 0.5) is 5.69 Å². The first-order valence-corrected chi connectivity index (χ1v) is 8.98. The molecule has 0 fully saturated rings. The van der Waals surface area contributed by atoms with Crippen molar-refractivity contribution in [3.63, 3.8) is 0 Å². The van der Waals surface area contributed by atoms with Gasteiger partial charge in [-0.15, -0.1) is 0 Å². The molecule has 6 nitrogen and oxygen atoms in total. The summed E-state index contributed by atoms with van der Waals surface area (Å²) in [4.78, 5) is 12.3. The van der Waals surface area contributed by atoms with Gasteiger partial charge < -0.3 is 24.3 Å². The summed E-state index contributed by atoms with van der Waals surface area (Å²) in [5.74, 6) is 1.33. The second-order valence-electron chi connectivity index (χ2n) is 5.89. The molecule has 0 aromatic heterocycles. The first kappa shape index (κ1) is 20.7. The summed E-state index contributed by atoms with van der Waals surface area (Å²) in [5, 5.41) is 2.87. The van der Waals surface area contributed by atoms with Crippen LogP contribution in [0, 0.1) is 0 Å². The minimum absolute atomic E-state index is 0.172. The largest absolute Gasteiger partial charge is 0.494 e. The van der Waals surface area contributed by atoms with Gasteiger partial charge in [-0.2, -0.15) is 0 Å². The molecular formula is C21H27NO5. The first-order valence-electron chi connectivity index (χ1n) is 8.98. The summed E-state index contributed by atoms with van der Waals surface area (Å²) >= 11 is 0. The van der Waals surface area contributed by atoms with E-state index in [4.69, 9.17) is 18.9 Å². The molecule has 0 unspecified atom stereocenters. The number of carbonyl (C=O) groups excluding carboxylic acids is 1. The van der Waals surface area contributed by atoms with Crippen LogP contribution in [-0.2, 0) is 9.47 Å². The fourth-order valence-electron chi connectivity index (χ4n) is 2.33. The van der Waals surface area contributed by atoms with Gasteiger partial charge in [0.1, 0.15) is 11.5 Å². The maximum atomic E-state index is 12.3. The Morgan fingerprint density at radius 3 is 1.70 bits per heavy atom. The standard InChI is InChI=1S/C21H27NO5/c1-24-13-3-15-26-19-9-5-17(6-10-19)21(23)22-18-7-11-20(12-8-18)27-16-4-14-25-2/h5-12H,3-4,13-16H2,1-2H3,(H,22,23). The Hall–Kier alpha value is -2.57. The third kappa shape index (κ3) is 7.68. The van der Waals surface area contributed by atoms with Crippen LogP contribution in [0.3, 0.4) is 0 Å². The van der Waals surface area contributed by atoms with Gasteiger partial charge in [-0.1, -0.05) is 0 Å². The predicted molar refractivity (Wildman–Crippen MR) is 105 cm³/mol. The number of rotatable bonds is 12. The lowest BCUT2D eigenvalue weighted by Crippen LogP contribution is -2.11. The van der Waals surface area contributed by atoms with E-state index in [2.05, 4.69) is 5.32 Å². The fourth-order valence-corrected chi connectivity index (χ4v) is 2.33. The number of benzene rings is 2. The number of hydrogen-bond acceptors (Lipinski definition) is 5. The Balaban J connectivity index is 1.80. The Bertz CT molecular complexity index is 670. The van der Waals surface area contributed by atoms with Gasteiger partial charge in [0.2, 0.25) is 0 Å². The lowest BCUT2D eigenvalue weighted by atomic mass is 10.2. The van der Waals surface area contributed by atoms with Crippen molar-refractivity contribution in [3.8, 4) is 11.5 Å². The highest BCUT2D eigenvalue weighted by Crippen LogP contribution is 2.18. The average molecular weight is 373 g/mol. The van der Waals surface area contributed by atoms with E-state index in [9.17, 15) is 4.79 Å². The maximum absolute atomic E-state index is 12.3. The lowest BCUT2D eigenvalue weighted by Gasteiger charge is -2.09. The summed E-state index contributed by atoms with van der Waals surface area (Å²) < 4.78 is 21.1. The summed E-state index contributed by atoms with van der Waals surface area (Å²) in [6.45, 7) is 2.52. The van der Waals surface area contributed by atoms with Crippen molar-refractivity contribution in [2.45, 2.75) is 12.8 Å². The zero-order valence-electron chi connectivity index (χ0n) is 15.9. The molecule has 0 atom stereocenters. The summed E-state index contributed by atoms with van der Waals surface area (Å²) in [6, 6.07) is 14.4. The summed E-state index contributed by atoms with van der Waals surface area (Å²) in [5.41, 5.74) is 1.28. The highest BCUT2D eigenvalue weighted by atomic mass is 16.5. The van der Waals surface area contributed by atoms with Gasteiger partial charge in [0.15, 0.2) is 0 Å². The molecule has 1 amide bonds. The topological polar surface area (TPSA) is 66.0 Å². The predicted octanol–water partition coefficient (Wildman–Crippen LogP) is 3.77. The van der Waals surface area contributed by atoms with Crippen molar-refractivity contribution in [1.82, 2.24) is 0 Å². The molecule has 2 aromatic carbocycles. The molecule has 0 aliphatic rings. The molecule has 0 saturated heterocycles. The summed E-state index contributed by atoms with van der Waals surface area (Å²) in [7, 11) is 3.33. The van der Waals surface area contributed by atoms with E-state index in [0.717, 1.165) is 24.3 Å². The van der Waals surface area contributed by atoms with Crippen molar-refractivity contribution < 1.29 is 23.7 Å². The lowest BCUT2D eigenvalue weighted by molar-refractivity contribution is 0.102. The van der Waals surface area contributed by atoms with Gasteiger partial charge in [0, 0.05) is 51.5 Å². The number of anilines is 1. The molecule has 0 radical (unpaired) electrons. The van der Waals surface area contributed by atoms with E-state index < -0.39 is 0 Å². The second-order valence-corrected chi connectivity index (χ2v) is 5.89. The number of nitrogens with one attached hydrogen (secondary N) is 1. The van der Waals surface area contributed by atoms with Crippen LogP contribution in [0.5, 0.6) is 11.5 Å². The normalized spacial score (nSPS) is 10.4. The molecule has 2 rings (SSSR count). The van der Waals surface area contributed by atoms with Gasteiger partial charge in [0.05, 0.1) is 13.2 Å². The van der Waals surface area contributed by atoms with E-state index in [-0.39, 0.29) is 5.91 Å². The van der Waals surface area contributed by atoms with Crippen molar-refractivity contribution in [1.29, 1.82) is 0 Å². The molecule has 0 aliphatic heterocycles. The Labute approximate surface area is 160 Å². The number of amides is 1. The SMILES string of the molecule is COCCCOc1ccc(NC(=O)c2ccc(OCCCOC)cc2)cc1. The number of methoxy groups -OCH3 is 2. The van der Waals surface area contributed by atoms with Gasteiger partial charge in [0.25, 0.3) is 5.91 Å². The van der Waals surface area contributed by atoms with E-state index in [1.165, 1.54) is 0 Å². The van der Waals surface area contributed by atoms with E-state index in [0.29, 0.717) is 37.7 Å². The maximum Gasteiger partial charge on any atom is 0.255 e. The number of hydrogen-bond donors (Lipinski definition) is 1. The Morgan fingerprint density at radius 1 is 0.741 bits per heavy atom. The van der Waals surface area contributed by atoms with Gasteiger partial charge in [-0.05, 0) is 48.5 Å². The van der Waals surface area contributed by atoms with Crippen LogP contribution in [0.1, 0.15) is 23.2 Å². The highest BCUT2D eigenvalue weighted by molar-refractivity contribution is 6.04. The minimum Gasteiger partial charge on any atom is -0.494 e. The molecule has 6 heteroatoms. The highest BCUT2D eigenvalue weighted by Gasteiger charge is 2.07. The molecular weight excluding hydrogens is 346 g/mol. The molecule has 0 spiro atoms. The van der Waals surface area contributed by atoms with E-state index in [1.54, 1.807) is 38.5 Å². The average Bonchev–Trinajstić information content (AvgIpc) is 2.70. The van der Waals surface area contributed by atoms with Crippen molar-refractivity contribution in [3.05, 3.63) is 54.1 Å². The number of carbonyl (C=O) groups is 1. The van der Waals surface area contributed by atoms with Crippen molar-refractivity contribution >= 4 is 11.6 Å². The monoisotopic (exact) mass is 373 g/mol. The molecule has 1 N–H and O–H groups in total. The van der Waals surface area contributed by atoms with Crippen molar-refractivity contribution in [2.75, 3.05) is 46.0 Å². The molecule has 0 aliphatic carbocycles. The molecule has 27 heavy (non-hydrogen) atoms. The van der Waals surface area contributed by atoms with Gasteiger partial charge >= 0.3 is 0 Å². The van der Waals surface area contributed by atoms with Crippen LogP contribution >= 0.6 is 0 Å². The Kier molecular flexibility index (Phi) is 9.17. The number of ether oxygens (including phenoxy) is 4. The smallest absolute Gasteiger partial charge is 0.255 e. The third-order valence-electron chi connectivity index (χ3n) is 3.75. The molecule has 0 saturated carbocycles. The van der Waals surface area contributed by atoms with Gasteiger partial charge in [-0.25, -0.2) is 0 Å². The molecule has 0 heterocycles. The zero-order valence-corrected chi connectivity index (χ0v) is 15.9. The van der Waals surface area contributed by atoms with Crippen LogP contribution in [0.2, 0.25) is 0 Å². The quantitative estimate of drug-likeness (QED) is 0.574. The summed E-state index contributed by atoms with van der Waals surface area (Å²) in [6.07, 6.45) is 1.66. The van der Waals surface area contributed by atoms with Crippen LogP contribution in [0.15, 0.2) is 48.5 Å². The molecule has 0 bridgehead atoms. The Morgan fingerprint density at radius 2 is 1.22 bits per heavy atom. The van der Waals surface area contributed by atoms with Crippen LogP contribution in [-0.4, -0.2) is 46.6 Å². The minimum atomic E-state index is -0.172. The first-order chi connectivity index (χ1) is 13.2. The second kappa shape index (κ2) is 11.9. The third-order valence-corrected chi connectivity index (χ3v) is 3.75. The van der Waals surface area contributed by atoms with Crippen molar-refractivity contribution in [2.24, 2.45) is 0 Å². The molecule has 146 valence electrons. The van der Waals surface area contributed by atoms with Crippen LogP contribution < -0.4 is 14.8 Å². The van der Waals surface area contributed by atoms with Gasteiger partial charge in [-0.3, -0.25) is 4.79 Å². The fraction of sp³-hybridized carbons (Fsp3) is 0.381. The van der Waals surface area contributed by atoms with E-state index >= 15 is 0 Å². The van der Waals surface area contributed by atoms with E-state index in [1.807, 2.05) is 24.3 Å². The molecule has 2 aromatic rings. The van der Waals surface area contributed by atoms with Crippen LogP contribution in [0.25, 0.3) is 0 Å². The zero-order chi connectivity index (χ0) is 19.3.